The predicted octanol–water partition coefficient (Wildman–Crippen LogP) is 2.80. The van der Waals surface area contributed by atoms with Crippen LogP contribution in [0.3, 0.4) is 0 Å². The molecule has 2 nitrogen and oxygen atoms in total. The van der Waals surface area contributed by atoms with Crippen LogP contribution in [0, 0.1) is 0 Å². The number of halogens is 1. The minimum absolute atomic E-state index is 0.00477. The lowest BCUT2D eigenvalue weighted by Crippen LogP contribution is -2.04. The first-order valence-electron chi connectivity index (χ1n) is 4.21. The quantitative estimate of drug-likeness (QED) is 0.374. The smallest absolute Gasteiger partial charge is 0.166 e. The van der Waals surface area contributed by atoms with E-state index in [1.165, 1.54) is 0 Å². The molecule has 0 atom stereocenters. The maximum absolute atomic E-state index is 11.5. The Morgan fingerprint density at radius 2 is 2.29 bits per heavy atom. The number of carbonyl (C=O) groups excluding carboxylic acids is 1. The fraction of sp³-hybridized carbons (Fsp3) is 0.300. The molecule has 0 saturated heterocycles. The summed E-state index contributed by atoms with van der Waals surface area (Å²) in [5, 5.41) is 0. The van der Waals surface area contributed by atoms with E-state index in [9.17, 15) is 4.79 Å². The molecular weight excluding hydrogens is 218 g/mol. The molecule has 1 aromatic carbocycles. The fourth-order valence-corrected chi connectivity index (χ4v) is 1.76. The van der Waals surface area contributed by atoms with E-state index in [-0.39, 0.29) is 5.78 Å². The van der Waals surface area contributed by atoms with E-state index < -0.39 is 0 Å². The van der Waals surface area contributed by atoms with Crippen molar-refractivity contribution < 1.29 is 4.79 Å². The maximum atomic E-state index is 11.5. The van der Waals surface area contributed by atoms with E-state index in [4.69, 9.17) is 17.3 Å². The largest absolute Gasteiger partial charge is 0.398 e. The van der Waals surface area contributed by atoms with Crippen molar-refractivity contribution >= 4 is 34.8 Å². The summed E-state index contributed by atoms with van der Waals surface area (Å²) in [4.78, 5) is 12.6. The van der Waals surface area contributed by atoms with Crippen LogP contribution in [0.4, 0.5) is 5.69 Å². The molecule has 76 valence electrons. The Morgan fingerprint density at radius 1 is 1.57 bits per heavy atom. The third-order valence-corrected chi connectivity index (χ3v) is 2.80. The summed E-state index contributed by atoms with van der Waals surface area (Å²) in [6.07, 6.45) is 2.30. The minimum Gasteiger partial charge on any atom is -0.398 e. The second-order valence-electron chi connectivity index (χ2n) is 2.82. The second kappa shape index (κ2) is 5.27. The number of carbonyl (C=O) groups is 1. The van der Waals surface area contributed by atoms with Crippen molar-refractivity contribution in [2.45, 2.75) is 11.3 Å². The number of anilines is 1. The summed E-state index contributed by atoms with van der Waals surface area (Å²) in [5.74, 6) is 0.341. The van der Waals surface area contributed by atoms with Crippen molar-refractivity contribution in [1.82, 2.24) is 0 Å². The van der Waals surface area contributed by atoms with Gasteiger partial charge in [-0.1, -0.05) is 0 Å². The molecule has 4 heteroatoms. The van der Waals surface area contributed by atoms with Gasteiger partial charge < -0.3 is 5.73 Å². The molecule has 0 amide bonds. The van der Waals surface area contributed by atoms with Gasteiger partial charge in [-0.25, -0.2) is 0 Å². The highest BCUT2D eigenvalue weighted by Crippen LogP contribution is 2.22. The molecule has 0 fully saturated rings. The Balaban J connectivity index is 2.94. The van der Waals surface area contributed by atoms with Gasteiger partial charge in [0.15, 0.2) is 5.78 Å². The molecule has 0 bridgehead atoms. The number of benzene rings is 1. The first kappa shape index (κ1) is 11.4. The van der Waals surface area contributed by atoms with Crippen LogP contribution in [0.25, 0.3) is 0 Å². The van der Waals surface area contributed by atoms with E-state index in [0.29, 0.717) is 23.6 Å². The lowest BCUT2D eigenvalue weighted by atomic mass is 10.1. The molecule has 0 spiro atoms. The first-order chi connectivity index (χ1) is 6.69. The topological polar surface area (TPSA) is 43.1 Å². The molecule has 0 saturated carbocycles. The van der Waals surface area contributed by atoms with Gasteiger partial charge in [0.1, 0.15) is 0 Å². The molecule has 0 aliphatic heterocycles. The van der Waals surface area contributed by atoms with Crippen molar-refractivity contribution in [3.05, 3.63) is 23.8 Å². The standard InChI is InChI=1S/C10H12ClNOS/c1-14-7-2-3-8(9(12)6-7)10(13)4-5-11/h2-3,6H,4-5,12H2,1H3. The number of nitrogens with two attached hydrogens (primary N) is 1. The van der Waals surface area contributed by atoms with Crippen LogP contribution >= 0.6 is 23.4 Å². The van der Waals surface area contributed by atoms with Crippen LogP contribution in [-0.2, 0) is 0 Å². The van der Waals surface area contributed by atoms with Crippen LogP contribution in [0.15, 0.2) is 23.1 Å². The van der Waals surface area contributed by atoms with Crippen molar-refractivity contribution in [3.63, 3.8) is 0 Å². The Hall–Kier alpha value is -0.670. The molecule has 2 N–H and O–H groups in total. The molecule has 0 radical (unpaired) electrons. The molecule has 1 aromatic rings. The van der Waals surface area contributed by atoms with Gasteiger partial charge in [-0.15, -0.1) is 23.4 Å². The number of hydrogen-bond donors (Lipinski definition) is 1. The summed E-state index contributed by atoms with van der Waals surface area (Å²) in [6.45, 7) is 0. The van der Waals surface area contributed by atoms with Crippen molar-refractivity contribution in [2.75, 3.05) is 17.9 Å². The van der Waals surface area contributed by atoms with Gasteiger partial charge in [-0.05, 0) is 24.5 Å². The van der Waals surface area contributed by atoms with E-state index in [1.54, 1.807) is 17.8 Å². The van der Waals surface area contributed by atoms with Crippen molar-refractivity contribution in [2.24, 2.45) is 0 Å². The van der Waals surface area contributed by atoms with E-state index in [1.807, 2.05) is 18.4 Å². The Bertz CT molecular complexity index is 341. The van der Waals surface area contributed by atoms with Gasteiger partial charge in [0.25, 0.3) is 0 Å². The summed E-state index contributed by atoms with van der Waals surface area (Å²) in [5.41, 5.74) is 6.86. The van der Waals surface area contributed by atoms with E-state index in [2.05, 4.69) is 0 Å². The first-order valence-corrected chi connectivity index (χ1v) is 5.97. The highest BCUT2D eigenvalue weighted by atomic mass is 35.5. The van der Waals surface area contributed by atoms with Gasteiger partial charge >= 0.3 is 0 Å². The zero-order chi connectivity index (χ0) is 10.6. The number of nitrogen functional groups attached to an aromatic ring is 1. The number of thioether (sulfide) groups is 1. The third-order valence-electron chi connectivity index (χ3n) is 1.88. The molecule has 0 unspecified atom stereocenters. The summed E-state index contributed by atoms with van der Waals surface area (Å²) >= 11 is 7.09. The average molecular weight is 230 g/mol. The number of ketones is 1. The lowest BCUT2D eigenvalue weighted by molar-refractivity contribution is 0.0990. The molecule has 0 aliphatic carbocycles. The van der Waals surface area contributed by atoms with Crippen molar-refractivity contribution in [1.29, 1.82) is 0 Å². The summed E-state index contributed by atoms with van der Waals surface area (Å²) in [6, 6.07) is 5.46. The van der Waals surface area contributed by atoms with Crippen LogP contribution in [0.5, 0.6) is 0 Å². The zero-order valence-electron chi connectivity index (χ0n) is 7.92. The zero-order valence-corrected chi connectivity index (χ0v) is 9.49. The number of alkyl halides is 1. The Labute approximate surface area is 92.8 Å². The monoisotopic (exact) mass is 229 g/mol. The molecule has 0 aromatic heterocycles. The van der Waals surface area contributed by atoms with Gasteiger partial charge in [-0.3, -0.25) is 4.79 Å². The molecule has 14 heavy (non-hydrogen) atoms. The normalized spacial score (nSPS) is 10.1. The Morgan fingerprint density at radius 3 is 2.79 bits per heavy atom. The van der Waals surface area contributed by atoms with Gasteiger partial charge in [0.05, 0.1) is 0 Å². The molecular formula is C10H12ClNOS. The predicted molar refractivity (Wildman–Crippen MR) is 62.3 cm³/mol. The van der Waals surface area contributed by atoms with Crippen LogP contribution in [-0.4, -0.2) is 17.9 Å². The average Bonchev–Trinajstić information content (AvgIpc) is 2.17. The van der Waals surface area contributed by atoms with Gasteiger partial charge in [0, 0.05) is 28.4 Å². The number of Topliss-reactive ketones (excluding diaryl/α,β-unsaturated/α-hetero) is 1. The highest BCUT2D eigenvalue weighted by molar-refractivity contribution is 7.98. The molecule has 1 rings (SSSR count). The molecule has 0 aliphatic rings. The minimum atomic E-state index is 0.00477. The van der Waals surface area contributed by atoms with E-state index in [0.717, 1.165) is 4.90 Å². The summed E-state index contributed by atoms with van der Waals surface area (Å²) in [7, 11) is 0. The van der Waals surface area contributed by atoms with Crippen LogP contribution < -0.4 is 5.73 Å². The van der Waals surface area contributed by atoms with Crippen LogP contribution in [0.2, 0.25) is 0 Å². The van der Waals surface area contributed by atoms with Gasteiger partial charge in [0.2, 0.25) is 0 Å². The summed E-state index contributed by atoms with van der Waals surface area (Å²) < 4.78 is 0. The molecule has 0 heterocycles. The lowest BCUT2D eigenvalue weighted by Gasteiger charge is -2.05. The fourth-order valence-electron chi connectivity index (χ4n) is 1.14. The maximum Gasteiger partial charge on any atom is 0.166 e. The number of hydrogen-bond acceptors (Lipinski definition) is 3. The van der Waals surface area contributed by atoms with E-state index >= 15 is 0 Å². The van der Waals surface area contributed by atoms with Crippen LogP contribution in [0.1, 0.15) is 16.8 Å². The number of rotatable bonds is 4. The van der Waals surface area contributed by atoms with Gasteiger partial charge in [-0.2, -0.15) is 0 Å². The van der Waals surface area contributed by atoms with Crippen molar-refractivity contribution in [3.8, 4) is 0 Å². The Kier molecular flexibility index (Phi) is 4.29. The SMILES string of the molecule is CSc1ccc(C(=O)CCCl)c(N)c1. The highest BCUT2D eigenvalue weighted by Gasteiger charge is 2.08. The third kappa shape index (κ3) is 2.66. The second-order valence-corrected chi connectivity index (χ2v) is 4.07.